The molecule has 132 valence electrons. The van der Waals surface area contributed by atoms with Crippen molar-refractivity contribution < 1.29 is 23.9 Å². The molecule has 0 aromatic heterocycles. The summed E-state index contributed by atoms with van der Waals surface area (Å²) in [6.07, 6.45) is 0.826. The van der Waals surface area contributed by atoms with E-state index in [2.05, 4.69) is 20.7 Å². The molecule has 1 saturated heterocycles. The zero-order valence-electron chi connectivity index (χ0n) is 14.2. The number of carbonyl (C=O) groups excluding carboxylic acids is 3. The summed E-state index contributed by atoms with van der Waals surface area (Å²) in [7, 11) is 1.23. The fourth-order valence-electron chi connectivity index (χ4n) is 2.19. The minimum Gasteiger partial charge on any atom is -0.469 e. The lowest BCUT2D eigenvalue weighted by atomic mass is 10.1. The number of amides is 2. The number of esters is 1. The van der Waals surface area contributed by atoms with Crippen molar-refractivity contribution in [1.29, 1.82) is 0 Å². The average molecular weight is 329 g/mol. The summed E-state index contributed by atoms with van der Waals surface area (Å²) in [5.41, 5.74) is -0.691. The van der Waals surface area contributed by atoms with Crippen LogP contribution in [0.5, 0.6) is 0 Å². The second-order valence-electron chi connectivity index (χ2n) is 6.53. The molecule has 2 atom stereocenters. The zero-order chi connectivity index (χ0) is 17.5. The third kappa shape index (κ3) is 7.83. The summed E-state index contributed by atoms with van der Waals surface area (Å²) < 4.78 is 9.71. The Kier molecular flexibility index (Phi) is 7.28. The highest BCUT2D eigenvalue weighted by molar-refractivity contribution is 5.89. The molecule has 0 saturated carbocycles. The maximum Gasteiger partial charge on any atom is 0.408 e. The van der Waals surface area contributed by atoms with Crippen LogP contribution in [0.4, 0.5) is 4.79 Å². The van der Waals surface area contributed by atoms with Crippen molar-refractivity contribution in [3.63, 3.8) is 0 Å². The Morgan fingerprint density at radius 2 is 2.00 bits per heavy atom. The number of hydrogen-bond donors (Lipinski definition) is 3. The fraction of sp³-hybridized carbons (Fsp3) is 0.800. The van der Waals surface area contributed by atoms with Crippen molar-refractivity contribution in [3.8, 4) is 0 Å². The van der Waals surface area contributed by atoms with E-state index in [-0.39, 0.29) is 12.5 Å². The Balaban J connectivity index is 2.64. The number of ether oxygens (including phenoxy) is 2. The van der Waals surface area contributed by atoms with E-state index < -0.39 is 29.6 Å². The molecule has 2 unspecified atom stereocenters. The normalized spacial score (nSPS) is 19.4. The first-order chi connectivity index (χ1) is 10.7. The highest BCUT2D eigenvalue weighted by Crippen LogP contribution is 2.08. The maximum absolute atomic E-state index is 12.3. The van der Waals surface area contributed by atoms with Crippen LogP contribution in [0.3, 0.4) is 0 Å². The third-order valence-electron chi connectivity index (χ3n) is 3.25. The van der Waals surface area contributed by atoms with Crippen molar-refractivity contribution in [3.05, 3.63) is 0 Å². The molecular formula is C15H27N3O5. The minimum absolute atomic E-state index is 0.0168. The van der Waals surface area contributed by atoms with Gasteiger partial charge in [0.25, 0.3) is 0 Å². The molecule has 0 spiro atoms. The Hall–Kier alpha value is -1.83. The Morgan fingerprint density at radius 3 is 2.52 bits per heavy atom. The van der Waals surface area contributed by atoms with Crippen molar-refractivity contribution in [1.82, 2.24) is 16.0 Å². The number of methoxy groups -OCH3 is 1. The van der Waals surface area contributed by atoms with Gasteiger partial charge in [0.2, 0.25) is 5.91 Å². The molecule has 1 heterocycles. The summed E-state index contributed by atoms with van der Waals surface area (Å²) in [4.78, 5) is 35.7. The Labute approximate surface area is 136 Å². The van der Waals surface area contributed by atoms with Gasteiger partial charge in [0.05, 0.1) is 13.5 Å². The van der Waals surface area contributed by atoms with E-state index in [9.17, 15) is 14.4 Å². The summed E-state index contributed by atoms with van der Waals surface area (Å²) >= 11 is 0. The van der Waals surface area contributed by atoms with Crippen molar-refractivity contribution in [2.24, 2.45) is 0 Å². The molecule has 0 radical (unpaired) electrons. The highest BCUT2D eigenvalue weighted by atomic mass is 16.6. The topological polar surface area (TPSA) is 106 Å². The molecule has 0 aromatic carbocycles. The SMILES string of the molecule is COC(=O)CC(NC(=O)OC(C)(C)C)C(=O)NC1CCCNC1. The average Bonchev–Trinajstić information content (AvgIpc) is 2.45. The van der Waals surface area contributed by atoms with Gasteiger partial charge in [0, 0.05) is 12.6 Å². The lowest BCUT2D eigenvalue weighted by Gasteiger charge is -2.27. The number of piperidine rings is 1. The van der Waals surface area contributed by atoms with E-state index in [1.807, 2.05) is 0 Å². The van der Waals surface area contributed by atoms with E-state index in [0.717, 1.165) is 19.4 Å². The molecule has 8 heteroatoms. The van der Waals surface area contributed by atoms with Crippen LogP contribution in [0.25, 0.3) is 0 Å². The molecule has 0 aliphatic carbocycles. The molecule has 1 aliphatic heterocycles. The molecule has 23 heavy (non-hydrogen) atoms. The van der Waals surface area contributed by atoms with Gasteiger partial charge in [-0.2, -0.15) is 0 Å². The number of carbonyl (C=O) groups is 3. The predicted molar refractivity (Wildman–Crippen MR) is 83.8 cm³/mol. The Bertz CT molecular complexity index is 427. The second kappa shape index (κ2) is 8.71. The van der Waals surface area contributed by atoms with Crippen molar-refractivity contribution in [2.45, 2.75) is 57.7 Å². The second-order valence-corrected chi connectivity index (χ2v) is 6.53. The predicted octanol–water partition coefficient (Wildman–Crippen LogP) is 0.311. The van der Waals surface area contributed by atoms with E-state index in [1.165, 1.54) is 7.11 Å². The van der Waals surface area contributed by atoms with Gasteiger partial charge < -0.3 is 25.4 Å². The summed E-state index contributed by atoms with van der Waals surface area (Å²) in [5, 5.41) is 8.46. The minimum atomic E-state index is -1.03. The molecule has 1 aliphatic rings. The molecule has 3 N–H and O–H groups in total. The number of alkyl carbamates (subject to hydrolysis) is 1. The van der Waals surface area contributed by atoms with Crippen LogP contribution < -0.4 is 16.0 Å². The smallest absolute Gasteiger partial charge is 0.408 e. The first kappa shape index (κ1) is 19.2. The molecule has 2 amide bonds. The van der Waals surface area contributed by atoms with Gasteiger partial charge in [-0.05, 0) is 40.2 Å². The standard InChI is InChI=1S/C15H27N3O5/c1-15(2,3)23-14(21)18-11(8-12(19)22-4)13(20)17-10-6-5-7-16-9-10/h10-11,16H,5-9H2,1-4H3,(H,17,20)(H,18,21). The highest BCUT2D eigenvalue weighted by Gasteiger charge is 2.28. The van der Waals surface area contributed by atoms with Crippen molar-refractivity contribution >= 4 is 18.0 Å². The van der Waals surface area contributed by atoms with E-state index in [0.29, 0.717) is 6.54 Å². The molecule has 0 aromatic rings. The fourth-order valence-corrected chi connectivity index (χ4v) is 2.19. The largest absolute Gasteiger partial charge is 0.469 e. The van der Waals surface area contributed by atoms with Gasteiger partial charge in [-0.3, -0.25) is 9.59 Å². The van der Waals surface area contributed by atoms with Gasteiger partial charge in [-0.1, -0.05) is 0 Å². The van der Waals surface area contributed by atoms with E-state index in [4.69, 9.17) is 4.74 Å². The molecule has 0 bridgehead atoms. The Morgan fingerprint density at radius 1 is 1.30 bits per heavy atom. The van der Waals surface area contributed by atoms with Gasteiger partial charge in [0.15, 0.2) is 0 Å². The van der Waals surface area contributed by atoms with Gasteiger partial charge in [-0.25, -0.2) is 4.79 Å². The number of nitrogens with one attached hydrogen (secondary N) is 3. The van der Waals surface area contributed by atoms with Crippen LogP contribution in [0.15, 0.2) is 0 Å². The van der Waals surface area contributed by atoms with Crippen molar-refractivity contribution in [2.75, 3.05) is 20.2 Å². The molecule has 1 fully saturated rings. The van der Waals surface area contributed by atoms with Crippen LogP contribution in [0.2, 0.25) is 0 Å². The lowest BCUT2D eigenvalue weighted by Crippen LogP contribution is -2.54. The third-order valence-corrected chi connectivity index (χ3v) is 3.25. The molecular weight excluding hydrogens is 302 g/mol. The van der Waals surface area contributed by atoms with Crippen LogP contribution in [0, 0.1) is 0 Å². The van der Waals surface area contributed by atoms with E-state index >= 15 is 0 Å². The lowest BCUT2D eigenvalue weighted by molar-refractivity contribution is -0.143. The molecule has 1 rings (SSSR count). The number of rotatable bonds is 5. The van der Waals surface area contributed by atoms with Crippen LogP contribution in [0.1, 0.15) is 40.0 Å². The number of hydrogen-bond acceptors (Lipinski definition) is 6. The maximum atomic E-state index is 12.3. The van der Waals surface area contributed by atoms with Gasteiger partial charge >= 0.3 is 12.1 Å². The zero-order valence-corrected chi connectivity index (χ0v) is 14.2. The quantitative estimate of drug-likeness (QED) is 0.627. The summed E-state index contributed by atoms with van der Waals surface area (Å²) in [6.45, 7) is 6.75. The first-order valence-electron chi connectivity index (χ1n) is 7.78. The van der Waals surface area contributed by atoms with Crippen LogP contribution in [-0.2, 0) is 19.1 Å². The van der Waals surface area contributed by atoms with Crippen LogP contribution >= 0.6 is 0 Å². The van der Waals surface area contributed by atoms with Gasteiger partial charge in [0.1, 0.15) is 11.6 Å². The van der Waals surface area contributed by atoms with E-state index in [1.54, 1.807) is 20.8 Å². The summed E-state index contributed by atoms with van der Waals surface area (Å²) in [6, 6.07) is -1.05. The first-order valence-corrected chi connectivity index (χ1v) is 7.78. The van der Waals surface area contributed by atoms with Crippen LogP contribution in [-0.4, -0.2) is 55.9 Å². The van der Waals surface area contributed by atoms with Gasteiger partial charge in [-0.15, -0.1) is 0 Å². The molecule has 8 nitrogen and oxygen atoms in total. The summed E-state index contributed by atoms with van der Waals surface area (Å²) in [5.74, 6) is -1.00. The monoisotopic (exact) mass is 329 g/mol.